The molecule has 300 valence electrons. The average Bonchev–Trinajstić information content (AvgIpc) is 3.20. The summed E-state index contributed by atoms with van der Waals surface area (Å²) in [5, 5.41) is 0. The Bertz CT molecular complexity index is 1680. The van der Waals surface area contributed by atoms with Crippen molar-refractivity contribution >= 4 is 35.4 Å². The van der Waals surface area contributed by atoms with Crippen molar-refractivity contribution in [3.63, 3.8) is 0 Å². The third-order valence-electron chi connectivity index (χ3n) is 9.53. The second-order valence-electron chi connectivity index (χ2n) is 13.9. The molecule has 1 aliphatic rings. The van der Waals surface area contributed by atoms with Crippen molar-refractivity contribution in [2.24, 2.45) is 11.5 Å². The number of nitrogens with two attached hydrogens (primary N) is 2. The second-order valence-corrected chi connectivity index (χ2v) is 13.9. The number of benzene rings is 3. The Morgan fingerprint density at radius 1 is 0.393 bits per heavy atom. The first-order valence-electron chi connectivity index (χ1n) is 19.3. The fourth-order valence-corrected chi connectivity index (χ4v) is 6.35. The number of unbranched alkanes of at least 4 members (excludes halogenated alkanes) is 1. The molecule has 0 spiro atoms. The van der Waals surface area contributed by atoms with E-state index in [0.29, 0.717) is 12.8 Å². The Hall–Kier alpha value is -5.60. The molecular formula is C42H56N8O6. The molecule has 0 bridgehead atoms. The summed E-state index contributed by atoms with van der Waals surface area (Å²) in [5.41, 5.74) is 14.1. The molecule has 14 heteroatoms. The predicted octanol–water partition coefficient (Wildman–Crippen LogP) is 1.68. The first-order valence-corrected chi connectivity index (χ1v) is 19.3. The minimum atomic E-state index is -0.510. The van der Waals surface area contributed by atoms with Gasteiger partial charge in [-0.25, -0.2) is 0 Å². The lowest BCUT2D eigenvalue weighted by atomic mass is 10.2. The standard InChI is InChI=1S/C42H56N8O6/c1-2-3-22-45-28-40(54)48(25-34-14-7-4-8-15-34)32-38(52)46(23-13-20-43)29-41(55)50(27-36-18-11-6-12-19-36)33-39(53)47(24-21-44)30-42(56)49(31-37(45)51)26-35-16-9-5-10-17-35/h4-12,14-19H,2-3,13,20-33,43-44H2,1H3. The van der Waals surface area contributed by atoms with Gasteiger partial charge in [0.15, 0.2) is 0 Å². The summed E-state index contributed by atoms with van der Waals surface area (Å²) >= 11 is 0. The summed E-state index contributed by atoms with van der Waals surface area (Å²) in [6.45, 7) is 0.780. The van der Waals surface area contributed by atoms with E-state index in [2.05, 4.69) is 0 Å². The molecule has 6 amide bonds. The summed E-state index contributed by atoms with van der Waals surface area (Å²) in [7, 11) is 0. The molecule has 1 saturated heterocycles. The number of hydrogen-bond donors (Lipinski definition) is 2. The van der Waals surface area contributed by atoms with Crippen molar-refractivity contribution in [1.82, 2.24) is 29.4 Å². The Balaban J connectivity index is 1.78. The summed E-state index contributed by atoms with van der Waals surface area (Å²) in [6, 6.07) is 27.6. The van der Waals surface area contributed by atoms with E-state index in [0.717, 1.165) is 23.1 Å². The highest BCUT2D eigenvalue weighted by Crippen LogP contribution is 2.13. The minimum absolute atomic E-state index is 0.0283. The van der Waals surface area contributed by atoms with Crippen molar-refractivity contribution < 1.29 is 28.8 Å². The van der Waals surface area contributed by atoms with Crippen LogP contribution in [0.1, 0.15) is 42.9 Å². The van der Waals surface area contributed by atoms with Crippen LogP contribution >= 0.6 is 0 Å². The smallest absolute Gasteiger partial charge is 0.242 e. The molecule has 0 aromatic heterocycles. The molecule has 1 aliphatic heterocycles. The zero-order valence-corrected chi connectivity index (χ0v) is 32.5. The molecule has 0 aliphatic carbocycles. The average molecular weight is 769 g/mol. The molecule has 1 heterocycles. The van der Waals surface area contributed by atoms with Gasteiger partial charge in [-0.05, 0) is 36.1 Å². The molecular weight excluding hydrogens is 713 g/mol. The van der Waals surface area contributed by atoms with Gasteiger partial charge in [0.2, 0.25) is 35.4 Å². The van der Waals surface area contributed by atoms with E-state index in [4.69, 9.17) is 11.5 Å². The van der Waals surface area contributed by atoms with E-state index in [1.165, 1.54) is 29.4 Å². The zero-order chi connectivity index (χ0) is 40.3. The van der Waals surface area contributed by atoms with Gasteiger partial charge in [0, 0.05) is 45.8 Å². The number of carbonyl (C=O) groups excluding carboxylic acids is 6. The lowest BCUT2D eigenvalue weighted by molar-refractivity contribution is -0.150. The topological polar surface area (TPSA) is 174 Å². The lowest BCUT2D eigenvalue weighted by Gasteiger charge is -2.33. The minimum Gasteiger partial charge on any atom is -0.332 e. The largest absolute Gasteiger partial charge is 0.332 e. The highest BCUT2D eigenvalue weighted by Gasteiger charge is 2.31. The van der Waals surface area contributed by atoms with Crippen molar-refractivity contribution in [3.8, 4) is 0 Å². The first-order chi connectivity index (χ1) is 27.1. The molecule has 3 aromatic carbocycles. The van der Waals surface area contributed by atoms with Gasteiger partial charge in [-0.2, -0.15) is 0 Å². The summed E-state index contributed by atoms with van der Waals surface area (Å²) in [6.07, 6.45) is 1.75. The van der Waals surface area contributed by atoms with Crippen molar-refractivity contribution in [2.45, 2.75) is 45.8 Å². The second kappa shape index (κ2) is 22.7. The number of nitrogens with zero attached hydrogens (tertiary/aromatic N) is 6. The summed E-state index contributed by atoms with van der Waals surface area (Å²) in [5.74, 6) is -2.86. The number of amides is 6. The van der Waals surface area contributed by atoms with E-state index in [9.17, 15) is 28.8 Å². The molecule has 0 radical (unpaired) electrons. The van der Waals surface area contributed by atoms with E-state index >= 15 is 0 Å². The highest BCUT2D eigenvalue weighted by atomic mass is 16.2. The van der Waals surface area contributed by atoms with Crippen LogP contribution in [-0.4, -0.2) is 137 Å². The Labute approximate surface area is 330 Å². The molecule has 4 N–H and O–H groups in total. The maximum absolute atomic E-state index is 14.2. The van der Waals surface area contributed by atoms with E-state index in [-0.39, 0.29) is 91.6 Å². The van der Waals surface area contributed by atoms with E-state index in [1.807, 2.05) is 97.9 Å². The number of carbonyl (C=O) groups is 6. The first kappa shape index (κ1) is 43.1. The van der Waals surface area contributed by atoms with Crippen LogP contribution in [0.5, 0.6) is 0 Å². The number of hydrogen-bond acceptors (Lipinski definition) is 8. The molecule has 0 saturated carbocycles. The maximum Gasteiger partial charge on any atom is 0.242 e. The van der Waals surface area contributed by atoms with Crippen LogP contribution in [-0.2, 0) is 48.4 Å². The van der Waals surface area contributed by atoms with Gasteiger partial charge < -0.3 is 40.9 Å². The fourth-order valence-electron chi connectivity index (χ4n) is 6.35. The number of rotatable bonds is 14. The molecule has 0 atom stereocenters. The van der Waals surface area contributed by atoms with Gasteiger partial charge in [-0.15, -0.1) is 0 Å². The van der Waals surface area contributed by atoms with Crippen molar-refractivity contribution in [1.29, 1.82) is 0 Å². The Morgan fingerprint density at radius 2 is 0.679 bits per heavy atom. The highest BCUT2D eigenvalue weighted by molar-refractivity contribution is 5.93. The van der Waals surface area contributed by atoms with Gasteiger partial charge in [-0.3, -0.25) is 28.8 Å². The van der Waals surface area contributed by atoms with Crippen LogP contribution in [0.15, 0.2) is 91.0 Å². The third-order valence-corrected chi connectivity index (χ3v) is 9.53. The molecule has 3 aromatic rings. The van der Waals surface area contributed by atoms with Crippen LogP contribution in [0.4, 0.5) is 0 Å². The monoisotopic (exact) mass is 768 g/mol. The van der Waals surface area contributed by atoms with Crippen LogP contribution < -0.4 is 11.5 Å². The van der Waals surface area contributed by atoms with Crippen molar-refractivity contribution in [3.05, 3.63) is 108 Å². The lowest BCUT2D eigenvalue weighted by Crippen LogP contribution is -2.53. The van der Waals surface area contributed by atoms with Crippen LogP contribution in [0.3, 0.4) is 0 Å². The fraction of sp³-hybridized carbons (Fsp3) is 0.429. The van der Waals surface area contributed by atoms with Crippen LogP contribution in [0, 0.1) is 0 Å². The van der Waals surface area contributed by atoms with Gasteiger partial charge in [0.1, 0.15) is 19.6 Å². The van der Waals surface area contributed by atoms with Crippen molar-refractivity contribution in [2.75, 3.05) is 72.0 Å². The molecule has 56 heavy (non-hydrogen) atoms. The quantitative estimate of drug-likeness (QED) is 0.249. The zero-order valence-electron chi connectivity index (χ0n) is 32.5. The predicted molar refractivity (Wildman–Crippen MR) is 213 cm³/mol. The van der Waals surface area contributed by atoms with Gasteiger partial charge in [0.25, 0.3) is 0 Å². The SMILES string of the molecule is CCCCN1CC(=O)N(Cc2ccccc2)CC(=O)N(CCCN)CC(=O)N(Cc2ccccc2)CC(=O)N(CCN)CC(=O)N(Cc2ccccc2)CC1=O. The maximum atomic E-state index is 14.2. The van der Waals surface area contributed by atoms with Crippen LogP contribution in [0.2, 0.25) is 0 Å². The Kier molecular flexibility index (Phi) is 17.5. The van der Waals surface area contributed by atoms with Crippen LogP contribution in [0.25, 0.3) is 0 Å². The Morgan fingerprint density at radius 3 is 0.982 bits per heavy atom. The van der Waals surface area contributed by atoms with Gasteiger partial charge in [-0.1, -0.05) is 104 Å². The normalized spacial score (nSPS) is 16.1. The summed E-state index contributed by atoms with van der Waals surface area (Å²) < 4.78 is 0. The van der Waals surface area contributed by atoms with Gasteiger partial charge in [0.05, 0.1) is 19.6 Å². The molecule has 1 fully saturated rings. The van der Waals surface area contributed by atoms with Gasteiger partial charge >= 0.3 is 0 Å². The van der Waals surface area contributed by atoms with E-state index in [1.54, 1.807) is 0 Å². The molecule has 4 rings (SSSR count). The summed E-state index contributed by atoms with van der Waals surface area (Å²) in [4.78, 5) is 93.2. The molecule has 0 unspecified atom stereocenters. The third kappa shape index (κ3) is 13.6. The van der Waals surface area contributed by atoms with E-state index < -0.39 is 35.4 Å². The molecule has 14 nitrogen and oxygen atoms in total.